The van der Waals surface area contributed by atoms with Gasteiger partial charge in [-0.05, 0) is 20.3 Å². The van der Waals surface area contributed by atoms with E-state index in [9.17, 15) is 0 Å². The Morgan fingerprint density at radius 3 is 2.41 bits per heavy atom. The van der Waals surface area contributed by atoms with Crippen LogP contribution in [0.4, 0.5) is 0 Å². The second-order valence-electron chi connectivity index (χ2n) is 5.85. The standard InChI is InChI=1S/C13H27N3O/c1-12(2)10-16(13(12,3)4)11(14-5)15-8-7-9-17-6/h7-10H2,1-6H3,(H,14,15). The van der Waals surface area contributed by atoms with E-state index in [1.807, 2.05) is 7.05 Å². The van der Waals surface area contributed by atoms with Crippen LogP contribution in [0.1, 0.15) is 34.1 Å². The van der Waals surface area contributed by atoms with Gasteiger partial charge in [-0.15, -0.1) is 0 Å². The summed E-state index contributed by atoms with van der Waals surface area (Å²) in [5.74, 6) is 1.01. The van der Waals surface area contributed by atoms with Crippen LogP contribution < -0.4 is 5.32 Å². The van der Waals surface area contributed by atoms with Crippen molar-refractivity contribution in [3.8, 4) is 0 Å². The zero-order valence-electron chi connectivity index (χ0n) is 12.1. The Kier molecular flexibility index (Phi) is 4.42. The minimum absolute atomic E-state index is 0.163. The number of methoxy groups -OCH3 is 1. The summed E-state index contributed by atoms with van der Waals surface area (Å²) in [6.45, 7) is 11.9. The summed E-state index contributed by atoms with van der Waals surface area (Å²) < 4.78 is 5.04. The molecule has 0 unspecified atom stereocenters. The van der Waals surface area contributed by atoms with Crippen LogP contribution in [0.15, 0.2) is 4.99 Å². The molecule has 1 saturated heterocycles. The number of likely N-dealkylation sites (tertiary alicyclic amines) is 1. The molecule has 1 fully saturated rings. The molecule has 0 saturated carbocycles. The summed E-state index contributed by atoms with van der Waals surface area (Å²) in [5, 5.41) is 3.40. The predicted octanol–water partition coefficient (Wildman–Crippen LogP) is 1.72. The molecule has 0 bridgehead atoms. The average molecular weight is 241 g/mol. The molecule has 0 spiro atoms. The van der Waals surface area contributed by atoms with Gasteiger partial charge in [0, 0.05) is 44.8 Å². The van der Waals surface area contributed by atoms with Crippen molar-refractivity contribution < 1.29 is 4.74 Å². The van der Waals surface area contributed by atoms with Crippen LogP contribution in [0.3, 0.4) is 0 Å². The maximum Gasteiger partial charge on any atom is 0.194 e. The van der Waals surface area contributed by atoms with Crippen molar-refractivity contribution in [1.82, 2.24) is 10.2 Å². The fraction of sp³-hybridized carbons (Fsp3) is 0.923. The maximum absolute atomic E-state index is 5.04. The number of guanidine groups is 1. The summed E-state index contributed by atoms with van der Waals surface area (Å²) in [6, 6.07) is 0. The number of hydrogen-bond donors (Lipinski definition) is 1. The molecule has 4 nitrogen and oxygen atoms in total. The molecule has 0 aromatic rings. The van der Waals surface area contributed by atoms with Crippen molar-refractivity contribution in [2.24, 2.45) is 10.4 Å². The van der Waals surface area contributed by atoms with E-state index < -0.39 is 0 Å². The quantitative estimate of drug-likeness (QED) is 0.462. The molecule has 1 heterocycles. The zero-order chi connectivity index (χ0) is 13.1. The molecule has 100 valence electrons. The van der Waals surface area contributed by atoms with E-state index in [0.717, 1.165) is 32.1 Å². The molecule has 0 aromatic carbocycles. The Bertz CT molecular complexity index is 284. The van der Waals surface area contributed by atoms with Gasteiger partial charge in [-0.25, -0.2) is 0 Å². The smallest absolute Gasteiger partial charge is 0.194 e. The molecule has 1 aliphatic rings. The van der Waals surface area contributed by atoms with Gasteiger partial charge in [-0.2, -0.15) is 0 Å². The fourth-order valence-corrected chi connectivity index (χ4v) is 2.11. The van der Waals surface area contributed by atoms with Crippen LogP contribution in [-0.2, 0) is 4.74 Å². The lowest BCUT2D eigenvalue weighted by Crippen LogP contribution is -2.72. The van der Waals surface area contributed by atoms with E-state index >= 15 is 0 Å². The van der Waals surface area contributed by atoms with E-state index in [4.69, 9.17) is 4.74 Å². The fourth-order valence-electron chi connectivity index (χ4n) is 2.11. The van der Waals surface area contributed by atoms with E-state index in [-0.39, 0.29) is 5.54 Å². The van der Waals surface area contributed by atoms with Gasteiger partial charge in [0.1, 0.15) is 0 Å². The summed E-state index contributed by atoms with van der Waals surface area (Å²) in [7, 11) is 3.58. The van der Waals surface area contributed by atoms with Crippen molar-refractivity contribution in [3.63, 3.8) is 0 Å². The molecule has 0 aliphatic carbocycles. The highest BCUT2D eigenvalue weighted by molar-refractivity contribution is 5.81. The lowest BCUT2D eigenvalue weighted by atomic mass is 9.65. The number of nitrogens with one attached hydrogen (secondary N) is 1. The molecular formula is C13H27N3O. The number of rotatable bonds is 4. The topological polar surface area (TPSA) is 36.9 Å². The number of hydrogen-bond acceptors (Lipinski definition) is 2. The second kappa shape index (κ2) is 5.25. The van der Waals surface area contributed by atoms with Gasteiger partial charge in [0.25, 0.3) is 0 Å². The van der Waals surface area contributed by atoms with Crippen LogP contribution in [-0.4, -0.2) is 50.3 Å². The summed E-state index contributed by atoms with van der Waals surface area (Å²) >= 11 is 0. The van der Waals surface area contributed by atoms with Gasteiger partial charge in [0.05, 0.1) is 0 Å². The van der Waals surface area contributed by atoms with E-state index in [0.29, 0.717) is 5.41 Å². The van der Waals surface area contributed by atoms with Crippen LogP contribution in [0.25, 0.3) is 0 Å². The van der Waals surface area contributed by atoms with Crippen molar-refractivity contribution >= 4 is 5.96 Å². The lowest BCUT2D eigenvalue weighted by molar-refractivity contribution is -0.0667. The molecule has 1 N–H and O–H groups in total. The number of aliphatic imine (C=N–C) groups is 1. The molecule has 0 atom stereocenters. The minimum atomic E-state index is 0.163. The normalized spacial score (nSPS) is 22.2. The summed E-state index contributed by atoms with van der Waals surface area (Å²) in [4.78, 5) is 6.71. The van der Waals surface area contributed by atoms with Crippen LogP contribution >= 0.6 is 0 Å². The highest BCUT2D eigenvalue weighted by atomic mass is 16.5. The maximum atomic E-state index is 5.04. The van der Waals surface area contributed by atoms with Gasteiger partial charge < -0.3 is 15.0 Å². The van der Waals surface area contributed by atoms with Gasteiger partial charge >= 0.3 is 0 Å². The molecule has 0 radical (unpaired) electrons. The van der Waals surface area contributed by atoms with Crippen molar-refractivity contribution in [2.45, 2.75) is 39.7 Å². The molecule has 0 aromatic heterocycles. The third-order valence-corrected chi connectivity index (χ3v) is 4.16. The van der Waals surface area contributed by atoms with E-state index in [1.165, 1.54) is 0 Å². The van der Waals surface area contributed by atoms with Gasteiger partial charge in [0.15, 0.2) is 5.96 Å². The Morgan fingerprint density at radius 2 is 2.00 bits per heavy atom. The minimum Gasteiger partial charge on any atom is -0.385 e. The van der Waals surface area contributed by atoms with Crippen LogP contribution in [0, 0.1) is 5.41 Å². The first-order valence-electron chi connectivity index (χ1n) is 6.34. The molecule has 17 heavy (non-hydrogen) atoms. The van der Waals surface area contributed by atoms with Gasteiger partial charge in [0.2, 0.25) is 0 Å². The number of ether oxygens (including phenoxy) is 1. The first-order chi connectivity index (χ1) is 7.86. The third-order valence-electron chi connectivity index (χ3n) is 4.16. The highest BCUT2D eigenvalue weighted by Crippen LogP contribution is 2.46. The highest BCUT2D eigenvalue weighted by Gasteiger charge is 2.53. The van der Waals surface area contributed by atoms with Gasteiger partial charge in [-0.1, -0.05) is 13.8 Å². The molecule has 1 aliphatic heterocycles. The Labute approximate surface area is 105 Å². The van der Waals surface area contributed by atoms with Crippen LogP contribution in [0.2, 0.25) is 0 Å². The molecular weight excluding hydrogens is 214 g/mol. The monoisotopic (exact) mass is 241 g/mol. The largest absolute Gasteiger partial charge is 0.385 e. The zero-order valence-corrected chi connectivity index (χ0v) is 12.1. The summed E-state index contributed by atoms with van der Waals surface area (Å²) in [6.07, 6.45) is 1.01. The molecule has 0 amide bonds. The average Bonchev–Trinajstić information content (AvgIpc) is 2.27. The summed E-state index contributed by atoms with van der Waals surface area (Å²) in [5.41, 5.74) is 0.507. The second-order valence-corrected chi connectivity index (χ2v) is 5.85. The number of nitrogens with zero attached hydrogens (tertiary/aromatic N) is 2. The Balaban J connectivity index is 2.49. The van der Waals surface area contributed by atoms with E-state index in [1.54, 1.807) is 7.11 Å². The Morgan fingerprint density at radius 1 is 1.35 bits per heavy atom. The lowest BCUT2D eigenvalue weighted by Gasteiger charge is -2.62. The first-order valence-corrected chi connectivity index (χ1v) is 6.34. The van der Waals surface area contributed by atoms with Gasteiger partial charge in [-0.3, -0.25) is 4.99 Å². The predicted molar refractivity (Wildman–Crippen MR) is 72.4 cm³/mol. The van der Waals surface area contributed by atoms with Crippen molar-refractivity contribution in [1.29, 1.82) is 0 Å². The van der Waals surface area contributed by atoms with Crippen molar-refractivity contribution in [3.05, 3.63) is 0 Å². The van der Waals surface area contributed by atoms with Crippen molar-refractivity contribution in [2.75, 3.05) is 33.9 Å². The van der Waals surface area contributed by atoms with Crippen LogP contribution in [0.5, 0.6) is 0 Å². The third kappa shape index (κ3) is 2.73. The molecule has 1 rings (SSSR count). The SMILES string of the molecule is CN=C(NCCCOC)N1CC(C)(C)C1(C)C. The first kappa shape index (κ1) is 14.3. The Hall–Kier alpha value is -0.770. The van der Waals surface area contributed by atoms with E-state index in [2.05, 4.69) is 42.9 Å². The molecule has 4 heteroatoms.